The zero-order valence-corrected chi connectivity index (χ0v) is 19.2. The Kier molecular flexibility index (Phi) is 6.01. The molecule has 8 nitrogen and oxygen atoms in total. The van der Waals surface area contributed by atoms with Crippen molar-refractivity contribution in [2.45, 2.75) is 11.8 Å². The number of anilines is 2. The quantitative estimate of drug-likeness (QED) is 0.520. The number of nitrogens with one attached hydrogen (secondary N) is 1. The highest BCUT2D eigenvalue weighted by atomic mass is 35.5. The number of halogens is 1. The molecule has 0 unspecified atom stereocenters. The molecule has 0 bridgehead atoms. The number of carbonyl (C=O) groups is 2. The van der Waals surface area contributed by atoms with E-state index in [4.69, 9.17) is 21.1 Å². The molecule has 0 saturated carbocycles. The van der Waals surface area contributed by atoms with Crippen molar-refractivity contribution < 1.29 is 27.5 Å². The first kappa shape index (κ1) is 22.6. The topological polar surface area (TPSA) is 102 Å². The zero-order chi connectivity index (χ0) is 23.8. The standard InChI is InChI=1S/C23H19ClN2O6S/c1-14(27)17-11-21-22(32-13-31-21)12-20(17)25-23(28)18-10-16(8-9-19(18)24)33(29,30)26(2)15-6-4-3-5-7-15/h3-12H,13H2,1-2H3,(H,25,28). The summed E-state index contributed by atoms with van der Waals surface area (Å²) in [6, 6.07) is 15.4. The third-order valence-electron chi connectivity index (χ3n) is 5.10. The van der Waals surface area contributed by atoms with Crippen LogP contribution in [0.3, 0.4) is 0 Å². The van der Waals surface area contributed by atoms with Crippen molar-refractivity contribution in [3.05, 3.63) is 76.8 Å². The second-order valence-corrected chi connectivity index (χ2v) is 9.59. The number of ketones is 1. The summed E-state index contributed by atoms with van der Waals surface area (Å²) in [5.41, 5.74) is 0.815. The molecular weight excluding hydrogens is 468 g/mol. The van der Waals surface area contributed by atoms with Crippen LogP contribution in [0.5, 0.6) is 11.5 Å². The third kappa shape index (κ3) is 4.37. The van der Waals surface area contributed by atoms with Crippen LogP contribution < -0.4 is 19.1 Å². The number of hydrogen-bond acceptors (Lipinski definition) is 6. The largest absolute Gasteiger partial charge is 0.454 e. The Bertz CT molecular complexity index is 1360. The van der Waals surface area contributed by atoms with Gasteiger partial charge in [0.1, 0.15) is 0 Å². The monoisotopic (exact) mass is 486 g/mol. The Morgan fingerprint density at radius 3 is 2.30 bits per heavy atom. The number of benzene rings is 3. The summed E-state index contributed by atoms with van der Waals surface area (Å²) < 4.78 is 38.0. The van der Waals surface area contributed by atoms with Gasteiger partial charge in [-0.05, 0) is 43.3 Å². The molecular formula is C23H19ClN2O6S. The van der Waals surface area contributed by atoms with Crippen molar-refractivity contribution in [3.8, 4) is 11.5 Å². The lowest BCUT2D eigenvalue weighted by atomic mass is 10.1. The van der Waals surface area contributed by atoms with Gasteiger partial charge in [-0.15, -0.1) is 0 Å². The van der Waals surface area contributed by atoms with Gasteiger partial charge >= 0.3 is 0 Å². The molecule has 1 aliphatic rings. The fourth-order valence-electron chi connectivity index (χ4n) is 3.30. The summed E-state index contributed by atoms with van der Waals surface area (Å²) in [7, 11) is -2.54. The average Bonchev–Trinajstić information content (AvgIpc) is 3.26. The maximum Gasteiger partial charge on any atom is 0.264 e. The highest BCUT2D eigenvalue weighted by Crippen LogP contribution is 2.37. The Labute approximate surface area is 195 Å². The summed E-state index contributed by atoms with van der Waals surface area (Å²) >= 11 is 6.22. The lowest BCUT2D eigenvalue weighted by molar-refractivity contribution is 0.101. The second kappa shape index (κ2) is 8.76. The number of amides is 1. The van der Waals surface area contributed by atoms with Crippen LogP contribution in [0.15, 0.2) is 65.6 Å². The Morgan fingerprint density at radius 2 is 1.64 bits per heavy atom. The maximum absolute atomic E-state index is 13.1. The summed E-state index contributed by atoms with van der Waals surface area (Å²) in [6.07, 6.45) is 0. The van der Waals surface area contributed by atoms with E-state index in [0.717, 1.165) is 4.31 Å². The Hall–Kier alpha value is -3.56. The van der Waals surface area contributed by atoms with Crippen molar-refractivity contribution in [3.63, 3.8) is 0 Å². The predicted molar refractivity (Wildman–Crippen MR) is 124 cm³/mol. The SMILES string of the molecule is CC(=O)c1cc2c(cc1NC(=O)c1cc(S(=O)(=O)N(C)c3ccccc3)ccc1Cl)OCO2. The molecule has 0 atom stereocenters. The molecule has 0 aliphatic carbocycles. The van der Waals surface area contributed by atoms with Gasteiger partial charge in [0.25, 0.3) is 15.9 Å². The molecule has 1 aliphatic heterocycles. The summed E-state index contributed by atoms with van der Waals surface area (Å²) in [4.78, 5) is 25.0. The number of carbonyl (C=O) groups excluding carboxylic acids is 2. The molecule has 1 N–H and O–H groups in total. The number of rotatable bonds is 6. The van der Waals surface area contributed by atoms with E-state index in [1.165, 1.54) is 44.3 Å². The molecule has 4 rings (SSSR count). The minimum Gasteiger partial charge on any atom is -0.454 e. The molecule has 0 aromatic heterocycles. The molecule has 0 fully saturated rings. The van der Waals surface area contributed by atoms with Gasteiger partial charge in [0, 0.05) is 18.7 Å². The maximum atomic E-state index is 13.1. The normalized spacial score (nSPS) is 12.3. The van der Waals surface area contributed by atoms with Crippen LogP contribution in [-0.2, 0) is 10.0 Å². The summed E-state index contributed by atoms with van der Waals surface area (Å²) in [5.74, 6) is -0.202. The van der Waals surface area contributed by atoms with Gasteiger partial charge in [0.15, 0.2) is 17.3 Å². The first-order chi connectivity index (χ1) is 15.7. The molecule has 0 radical (unpaired) electrons. The Balaban J connectivity index is 1.68. The predicted octanol–water partition coefficient (Wildman–Crippen LogP) is 4.35. The molecule has 1 amide bonds. The number of fused-ring (bicyclic) bond motifs is 1. The van der Waals surface area contributed by atoms with Crippen molar-refractivity contribution in [1.29, 1.82) is 0 Å². The lowest BCUT2D eigenvalue weighted by Gasteiger charge is -2.20. The van der Waals surface area contributed by atoms with E-state index in [1.807, 2.05) is 0 Å². The zero-order valence-electron chi connectivity index (χ0n) is 17.7. The lowest BCUT2D eigenvalue weighted by Crippen LogP contribution is -2.27. The number of nitrogens with zero attached hydrogens (tertiary/aromatic N) is 1. The molecule has 1 heterocycles. The van der Waals surface area contributed by atoms with E-state index in [2.05, 4.69) is 5.32 Å². The second-order valence-electron chi connectivity index (χ2n) is 7.21. The van der Waals surface area contributed by atoms with Gasteiger partial charge in [0.2, 0.25) is 6.79 Å². The van der Waals surface area contributed by atoms with Crippen molar-refractivity contribution in [1.82, 2.24) is 0 Å². The first-order valence-corrected chi connectivity index (χ1v) is 11.6. The average molecular weight is 487 g/mol. The third-order valence-corrected chi connectivity index (χ3v) is 7.21. The fraction of sp³-hybridized carbons (Fsp3) is 0.130. The number of sulfonamides is 1. The van der Waals surface area contributed by atoms with E-state index >= 15 is 0 Å². The molecule has 0 saturated heterocycles. The van der Waals surface area contributed by atoms with Gasteiger partial charge in [-0.3, -0.25) is 13.9 Å². The highest BCUT2D eigenvalue weighted by molar-refractivity contribution is 7.92. The minimum atomic E-state index is -3.96. The molecule has 3 aromatic rings. The number of para-hydroxylation sites is 1. The smallest absolute Gasteiger partial charge is 0.264 e. The van der Waals surface area contributed by atoms with E-state index in [1.54, 1.807) is 30.3 Å². The van der Waals surface area contributed by atoms with Crippen LogP contribution in [-0.4, -0.2) is 33.9 Å². The van der Waals surface area contributed by atoms with Crippen LogP contribution >= 0.6 is 11.6 Å². The van der Waals surface area contributed by atoms with E-state index in [9.17, 15) is 18.0 Å². The molecule has 3 aromatic carbocycles. The van der Waals surface area contributed by atoms with Crippen LogP contribution in [0.1, 0.15) is 27.6 Å². The molecule has 10 heteroatoms. The van der Waals surface area contributed by atoms with E-state index < -0.39 is 15.9 Å². The van der Waals surface area contributed by atoms with Gasteiger partial charge in [-0.2, -0.15) is 0 Å². The number of Topliss-reactive ketones (excluding diaryl/α,β-unsaturated/α-hetero) is 1. The van der Waals surface area contributed by atoms with Crippen molar-refractivity contribution in [2.24, 2.45) is 0 Å². The minimum absolute atomic E-state index is 0.00471. The van der Waals surface area contributed by atoms with Gasteiger partial charge in [-0.25, -0.2) is 8.42 Å². The summed E-state index contributed by atoms with van der Waals surface area (Å²) in [5, 5.41) is 2.68. The number of ether oxygens (including phenoxy) is 2. The van der Waals surface area contributed by atoms with Gasteiger partial charge in [-0.1, -0.05) is 29.8 Å². The van der Waals surface area contributed by atoms with Crippen LogP contribution in [0.25, 0.3) is 0 Å². The van der Waals surface area contributed by atoms with Crippen molar-refractivity contribution >= 4 is 44.7 Å². The van der Waals surface area contributed by atoms with Crippen LogP contribution in [0.2, 0.25) is 5.02 Å². The van der Waals surface area contributed by atoms with Gasteiger partial charge in [0.05, 0.1) is 26.9 Å². The van der Waals surface area contributed by atoms with Crippen molar-refractivity contribution in [2.75, 3.05) is 23.5 Å². The number of hydrogen-bond donors (Lipinski definition) is 1. The van der Waals surface area contributed by atoms with Crippen LogP contribution in [0, 0.1) is 0 Å². The van der Waals surface area contributed by atoms with Gasteiger partial charge < -0.3 is 14.8 Å². The molecule has 170 valence electrons. The van der Waals surface area contributed by atoms with E-state index in [-0.39, 0.29) is 39.3 Å². The Morgan fingerprint density at radius 1 is 0.970 bits per heavy atom. The van der Waals surface area contributed by atoms with E-state index in [0.29, 0.717) is 17.2 Å². The highest BCUT2D eigenvalue weighted by Gasteiger charge is 2.25. The first-order valence-electron chi connectivity index (χ1n) is 9.78. The molecule has 0 spiro atoms. The fourth-order valence-corrected chi connectivity index (χ4v) is 4.73. The summed E-state index contributed by atoms with van der Waals surface area (Å²) in [6.45, 7) is 1.36. The van der Waals surface area contributed by atoms with Crippen LogP contribution in [0.4, 0.5) is 11.4 Å². The molecule has 33 heavy (non-hydrogen) atoms.